The second-order valence-electron chi connectivity index (χ2n) is 4.39. The van der Waals surface area contributed by atoms with Crippen LogP contribution in [0.2, 0.25) is 0 Å². The first-order valence-electron chi connectivity index (χ1n) is 6.50. The molecule has 2 aromatic rings. The minimum absolute atomic E-state index is 0.338. The van der Waals surface area contributed by atoms with E-state index in [1.165, 1.54) is 11.3 Å². The van der Waals surface area contributed by atoms with Crippen molar-refractivity contribution >= 4 is 38.8 Å². The molecule has 0 aliphatic carbocycles. The summed E-state index contributed by atoms with van der Waals surface area (Å²) >= 11 is 2.82. The first-order chi connectivity index (χ1) is 10.0. The third-order valence-electron chi connectivity index (χ3n) is 2.80. The van der Waals surface area contributed by atoms with E-state index in [1.807, 2.05) is 36.8 Å². The van der Waals surface area contributed by atoms with Gasteiger partial charge in [0.2, 0.25) is 0 Å². The minimum Gasteiger partial charge on any atom is -0.313 e. The monoisotopic (exact) mass is 342 g/mol. The van der Waals surface area contributed by atoms with E-state index >= 15 is 0 Å². The summed E-state index contributed by atoms with van der Waals surface area (Å²) in [7, 11) is -3.51. The maximum absolute atomic E-state index is 12.4. The van der Waals surface area contributed by atoms with E-state index in [-0.39, 0.29) is 0 Å². The Labute approximate surface area is 134 Å². The Kier molecular flexibility index (Phi) is 5.69. The second-order valence-corrected chi connectivity index (χ2v) is 8.09. The molecule has 0 saturated carbocycles. The molecule has 2 N–H and O–H groups in total. The molecule has 0 amide bonds. The first kappa shape index (κ1) is 16.4. The Morgan fingerprint density at radius 2 is 2.10 bits per heavy atom. The molecule has 0 spiro atoms. The zero-order chi connectivity index (χ0) is 15.3. The van der Waals surface area contributed by atoms with Gasteiger partial charge >= 0.3 is 0 Å². The molecule has 0 unspecified atom stereocenters. The van der Waals surface area contributed by atoms with E-state index in [2.05, 4.69) is 10.0 Å². The van der Waals surface area contributed by atoms with Crippen LogP contribution in [-0.4, -0.2) is 21.2 Å². The third kappa shape index (κ3) is 4.47. The minimum atomic E-state index is -3.51. The van der Waals surface area contributed by atoms with Gasteiger partial charge in [0, 0.05) is 17.1 Å². The maximum Gasteiger partial charge on any atom is 0.271 e. The van der Waals surface area contributed by atoms with Crippen molar-refractivity contribution in [3.63, 3.8) is 0 Å². The lowest BCUT2D eigenvalue weighted by Crippen LogP contribution is -2.12. The van der Waals surface area contributed by atoms with Gasteiger partial charge in [-0.1, -0.05) is 13.0 Å². The fourth-order valence-electron chi connectivity index (χ4n) is 1.75. The Balaban J connectivity index is 2.15. The zero-order valence-electron chi connectivity index (χ0n) is 11.9. The van der Waals surface area contributed by atoms with Crippen molar-refractivity contribution in [3.05, 3.63) is 41.3 Å². The van der Waals surface area contributed by atoms with Crippen LogP contribution in [0.4, 0.5) is 5.69 Å². The van der Waals surface area contributed by atoms with Crippen LogP contribution in [0.25, 0.3) is 0 Å². The molecule has 4 nitrogen and oxygen atoms in total. The second kappa shape index (κ2) is 7.31. The van der Waals surface area contributed by atoms with Crippen LogP contribution >= 0.6 is 23.1 Å². The number of thiophene rings is 1. The molecule has 0 aliphatic rings. The topological polar surface area (TPSA) is 58.2 Å². The van der Waals surface area contributed by atoms with Crippen molar-refractivity contribution < 1.29 is 8.42 Å². The van der Waals surface area contributed by atoms with Crippen LogP contribution in [0.5, 0.6) is 0 Å². The first-order valence-corrected chi connectivity index (χ1v) is 10.1. The van der Waals surface area contributed by atoms with Gasteiger partial charge in [0.05, 0.1) is 0 Å². The molecule has 0 bridgehead atoms. The van der Waals surface area contributed by atoms with Gasteiger partial charge in [-0.25, -0.2) is 8.42 Å². The molecule has 0 aliphatic heterocycles. The lowest BCUT2D eigenvalue weighted by Gasteiger charge is -2.07. The summed E-state index contributed by atoms with van der Waals surface area (Å²) in [5.74, 6) is 0. The van der Waals surface area contributed by atoms with Gasteiger partial charge in [-0.15, -0.1) is 23.1 Å². The molecule has 1 aromatic carbocycles. The summed E-state index contributed by atoms with van der Waals surface area (Å²) in [6.45, 7) is 3.56. The Hall–Kier alpha value is -1.02. The molecule has 0 radical (unpaired) electrons. The van der Waals surface area contributed by atoms with Crippen LogP contribution in [0.1, 0.15) is 12.5 Å². The number of benzene rings is 1. The fourth-order valence-corrected chi connectivity index (χ4v) is 4.47. The van der Waals surface area contributed by atoms with Gasteiger partial charge in [0.25, 0.3) is 10.0 Å². The number of hydrogen-bond donors (Lipinski definition) is 2. The summed E-state index contributed by atoms with van der Waals surface area (Å²) in [6, 6.07) is 9.09. The van der Waals surface area contributed by atoms with E-state index in [0.717, 1.165) is 17.0 Å². The van der Waals surface area contributed by atoms with Crippen LogP contribution in [0, 0.1) is 0 Å². The van der Waals surface area contributed by atoms with Gasteiger partial charge in [-0.05, 0) is 48.0 Å². The number of thioether (sulfide) groups is 1. The van der Waals surface area contributed by atoms with Crippen LogP contribution in [-0.2, 0) is 16.6 Å². The molecule has 0 saturated heterocycles. The predicted molar refractivity (Wildman–Crippen MR) is 90.7 cm³/mol. The third-order valence-corrected chi connectivity index (χ3v) is 6.39. The predicted octanol–water partition coefficient (Wildman–Crippen LogP) is 3.38. The summed E-state index contributed by atoms with van der Waals surface area (Å²) in [5, 5.41) is 5.05. The Bertz CT molecular complexity index is 696. The van der Waals surface area contributed by atoms with Crippen molar-refractivity contribution in [1.82, 2.24) is 5.32 Å². The Morgan fingerprint density at radius 3 is 2.81 bits per heavy atom. The highest BCUT2D eigenvalue weighted by Gasteiger charge is 2.17. The maximum atomic E-state index is 12.4. The quantitative estimate of drug-likeness (QED) is 0.757. The van der Waals surface area contributed by atoms with E-state index in [9.17, 15) is 8.42 Å². The standard InChI is InChI=1S/C14H18N2O2S3/c1-3-15-9-11-7-14(20-10-11)21(17,18)16-12-5-4-6-13(8-12)19-2/h4-8,10,15-16H,3,9H2,1-2H3. The van der Waals surface area contributed by atoms with Gasteiger partial charge in [-0.3, -0.25) is 4.72 Å². The average molecular weight is 343 g/mol. The summed E-state index contributed by atoms with van der Waals surface area (Å²) < 4.78 is 27.7. The molecule has 7 heteroatoms. The zero-order valence-corrected chi connectivity index (χ0v) is 14.4. The van der Waals surface area contributed by atoms with Gasteiger partial charge in [-0.2, -0.15) is 0 Å². The molecule has 21 heavy (non-hydrogen) atoms. The molecule has 2 rings (SSSR count). The SMILES string of the molecule is CCNCc1csc(S(=O)(=O)Nc2cccc(SC)c2)c1. The van der Waals surface area contributed by atoms with Crippen molar-refractivity contribution in [3.8, 4) is 0 Å². The van der Waals surface area contributed by atoms with Gasteiger partial charge in [0.15, 0.2) is 0 Å². The molecule has 1 aromatic heterocycles. The highest BCUT2D eigenvalue weighted by Crippen LogP contribution is 2.25. The molecular weight excluding hydrogens is 324 g/mol. The number of rotatable bonds is 7. The number of hydrogen-bond acceptors (Lipinski definition) is 5. The van der Waals surface area contributed by atoms with Crippen LogP contribution in [0.15, 0.2) is 44.8 Å². The van der Waals surface area contributed by atoms with Crippen molar-refractivity contribution in [2.45, 2.75) is 22.6 Å². The molecule has 0 atom stereocenters. The molecule has 1 heterocycles. The fraction of sp³-hybridized carbons (Fsp3) is 0.286. The van der Waals surface area contributed by atoms with Crippen molar-refractivity contribution in [1.29, 1.82) is 0 Å². The van der Waals surface area contributed by atoms with Crippen molar-refractivity contribution in [2.75, 3.05) is 17.5 Å². The summed E-state index contributed by atoms with van der Waals surface area (Å²) in [5.41, 5.74) is 1.57. The normalized spacial score (nSPS) is 11.5. The number of nitrogens with one attached hydrogen (secondary N) is 2. The molecule has 114 valence electrons. The molecular formula is C14H18N2O2S3. The Morgan fingerprint density at radius 1 is 1.29 bits per heavy atom. The smallest absolute Gasteiger partial charge is 0.271 e. The van der Waals surface area contributed by atoms with E-state index in [0.29, 0.717) is 16.4 Å². The van der Waals surface area contributed by atoms with E-state index in [4.69, 9.17) is 0 Å². The van der Waals surface area contributed by atoms with Crippen molar-refractivity contribution in [2.24, 2.45) is 0 Å². The average Bonchev–Trinajstić information content (AvgIpc) is 2.94. The summed E-state index contributed by atoms with van der Waals surface area (Å²) in [4.78, 5) is 1.02. The van der Waals surface area contributed by atoms with Gasteiger partial charge in [0.1, 0.15) is 4.21 Å². The van der Waals surface area contributed by atoms with E-state index < -0.39 is 10.0 Å². The van der Waals surface area contributed by atoms with Crippen LogP contribution in [0.3, 0.4) is 0 Å². The molecule has 0 fully saturated rings. The lowest BCUT2D eigenvalue weighted by atomic mass is 10.3. The number of sulfonamides is 1. The van der Waals surface area contributed by atoms with E-state index in [1.54, 1.807) is 23.9 Å². The highest BCUT2D eigenvalue weighted by atomic mass is 32.2. The van der Waals surface area contributed by atoms with Gasteiger partial charge < -0.3 is 5.32 Å². The largest absolute Gasteiger partial charge is 0.313 e. The number of anilines is 1. The lowest BCUT2D eigenvalue weighted by molar-refractivity contribution is 0.603. The summed E-state index contributed by atoms with van der Waals surface area (Å²) in [6.07, 6.45) is 1.96. The highest BCUT2D eigenvalue weighted by molar-refractivity contribution is 7.98. The van der Waals surface area contributed by atoms with Crippen LogP contribution < -0.4 is 10.0 Å².